The highest BCUT2D eigenvalue weighted by atomic mass is 35.5. The average Bonchev–Trinajstić information content (AvgIpc) is 2.49. The van der Waals surface area contributed by atoms with Gasteiger partial charge in [0, 0.05) is 41.3 Å². The van der Waals surface area contributed by atoms with Gasteiger partial charge in [0.15, 0.2) is 0 Å². The summed E-state index contributed by atoms with van der Waals surface area (Å²) in [5.41, 5.74) is -0.441. The van der Waals surface area contributed by atoms with Crippen molar-refractivity contribution in [2.45, 2.75) is 50.2 Å². The summed E-state index contributed by atoms with van der Waals surface area (Å²) in [7, 11) is 0. The fourth-order valence-corrected chi connectivity index (χ4v) is 3.64. The standard InChI is InChI=1S/C18H27ClN2O2S/c1-18(2,3)23-17(22)20-15-8-10-21(11-9-15)12-13-24-16-6-4-14(19)5-7-16/h4-7,15H,8-13H2,1-3H3,(H,20,22). The van der Waals surface area contributed by atoms with Gasteiger partial charge in [0.05, 0.1) is 0 Å². The fraction of sp³-hybridized carbons (Fsp3) is 0.611. The molecule has 6 heteroatoms. The molecule has 0 bridgehead atoms. The van der Waals surface area contributed by atoms with E-state index in [4.69, 9.17) is 16.3 Å². The van der Waals surface area contributed by atoms with Gasteiger partial charge < -0.3 is 15.0 Å². The maximum Gasteiger partial charge on any atom is 0.407 e. The lowest BCUT2D eigenvalue weighted by molar-refractivity contribution is 0.0480. The second kappa shape index (κ2) is 8.97. The lowest BCUT2D eigenvalue weighted by Gasteiger charge is -2.32. The number of alkyl carbamates (subject to hydrolysis) is 1. The summed E-state index contributed by atoms with van der Waals surface area (Å²) < 4.78 is 5.31. The number of thioether (sulfide) groups is 1. The van der Waals surface area contributed by atoms with Crippen molar-refractivity contribution >= 4 is 29.5 Å². The van der Waals surface area contributed by atoms with Crippen LogP contribution in [0, 0.1) is 0 Å². The number of hydrogen-bond donors (Lipinski definition) is 1. The molecule has 24 heavy (non-hydrogen) atoms. The van der Waals surface area contributed by atoms with Crippen LogP contribution in [0.15, 0.2) is 29.2 Å². The molecular weight excluding hydrogens is 344 g/mol. The highest BCUT2D eigenvalue weighted by Crippen LogP contribution is 2.21. The second-order valence-electron chi connectivity index (χ2n) is 7.06. The quantitative estimate of drug-likeness (QED) is 0.779. The molecule has 0 atom stereocenters. The molecule has 0 unspecified atom stereocenters. The molecule has 0 aromatic heterocycles. The third-order valence-electron chi connectivity index (χ3n) is 3.80. The number of amides is 1. The first-order valence-corrected chi connectivity index (χ1v) is 9.78. The molecule has 1 heterocycles. The van der Waals surface area contributed by atoms with E-state index in [1.54, 1.807) is 0 Å². The molecule has 1 aliphatic heterocycles. The van der Waals surface area contributed by atoms with Gasteiger partial charge in [-0.05, 0) is 57.9 Å². The van der Waals surface area contributed by atoms with E-state index in [-0.39, 0.29) is 12.1 Å². The number of hydrogen-bond acceptors (Lipinski definition) is 4. The molecule has 0 spiro atoms. The maximum absolute atomic E-state index is 11.8. The average molecular weight is 371 g/mol. The minimum Gasteiger partial charge on any atom is -0.444 e. The van der Waals surface area contributed by atoms with Crippen LogP contribution in [0.5, 0.6) is 0 Å². The summed E-state index contributed by atoms with van der Waals surface area (Å²) in [6.45, 7) is 8.74. The summed E-state index contributed by atoms with van der Waals surface area (Å²) in [4.78, 5) is 15.5. The van der Waals surface area contributed by atoms with E-state index < -0.39 is 5.60 Å². The Kier molecular flexibility index (Phi) is 7.26. The maximum atomic E-state index is 11.8. The van der Waals surface area contributed by atoms with Crippen molar-refractivity contribution in [3.05, 3.63) is 29.3 Å². The van der Waals surface area contributed by atoms with Crippen molar-refractivity contribution in [2.75, 3.05) is 25.4 Å². The highest BCUT2D eigenvalue weighted by molar-refractivity contribution is 7.99. The Morgan fingerprint density at radius 3 is 2.50 bits per heavy atom. The van der Waals surface area contributed by atoms with Crippen LogP contribution < -0.4 is 5.32 Å². The van der Waals surface area contributed by atoms with Crippen molar-refractivity contribution < 1.29 is 9.53 Å². The smallest absolute Gasteiger partial charge is 0.407 e. The molecule has 0 saturated carbocycles. The van der Waals surface area contributed by atoms with E-state index in [0.717, 1.165) is 43.3 Å². The number of halogens is 1. The first-order chi connectivity index (χ1) is 11.3. The van der Waals surface area contributed by atoms with Crippen LogP contribution >= 0.6 is 23.4 Å². The van der Waals surface area contributed by atoms with Gasteiger partial charge in [-0.25, -0.2) is 4.79 Å². The van der Waals surface area contributed by atoms with Crippen LogP contribution in [0.1, 0.15) is 33.6 Å². The zero-order valence-corrected chi connectivity index (χ0v) is 16.3. The van der Waals surface area contributed by atoms with E-state index in [0.29, 0.717) is 0 Å². The molecule has 0 radical (unpaired) electrons. The molecular formula is C18H27ClN2O2S. The Morgan fingerprint density at radius 1 is 1.29 bits per heavy atom. The van der Waals surface area contributed by atoms with Gasteiger partial charge in [0.25, 0.3) is 0 Å². The van der Waals surface area contributed by atoms with Gasteiger partial charge in [-0.2, -0.15) is 0 Å². The number of carbonyl (C=O) groups is 1. The Bertz CT molecular complexity index is 523. The van der Waals surface area contributed by atoms with E-state index in [1.165, 1.54) is 4.90 Å². The number of ether oxygens (including phenoxy) is 1. The van der Waals surface area contributed by atoms with Gasteiger partial charge in [0.1, 0.15) is 5.60 Å². The first kappa shape index (κ1) is 19.4. The Labute approximate surface area is 154 Å². The number of benzene rings is 1. The molecule has 4 nitrogen and oxygen atoms in total. The Hall–Kier alpha value is -0.910. The van der Waals surface area contributed by atoms with Gasteiger partial charge in [-0.3, -0.25) is 0 Å². The molecule has 2 rings (SSSR count). The Morgan fingerprint density at radius 2 is 1.92 bits per heavy atom. The van der Waals surface area contributed by atoms with Crippen LogP contribution in [0.2, 0.25) is 5.02 Å². The lowest BCUT2D eigenvalue weighted by Crippen LogP contribution is -2.46. The first-order valence-electron chi connectivity index (χ1n) is 8.42. The van der Waals surface area contributed by atoms with E-state index in [1.807, 2.05) is 44.7 Å². The number of nitrogens with one attached hydrogen (secondary N) is 1. The van der Waals surface area contributed by atoms with Crippen molar-refractivity contribution in [2.24, 2.45) is 0 Å². The predicted octanol–water partition coefficient (Wildman–Crippen LogP) is 4.42. The number of piperidine rings is 1. The van der Waals surface area contributed by atoms with Crippen LogP contribution in [0.3, 0.4) is 0 Å². The largest absolute Gasteiger partial charge is 0.444 e. The summed E-state index contributed by atoms with van der Waals surface area (Å²) in [6.07, 6.45) is 1.65. The minimum atomic E-state index is -0.441. The van der Waals surface area contributed by atoms with E-state index >= 15 is 0 Å². The molecule has 134 valence electrons. The van der Waals surface area contributed by atoms with Crippen LogP contribution in [-0.2, 0) is 4.74 Å². The number of carbonyl (C=O) groups excluding carboxylic acids is 1. The van der Waals surface area contributed by atoms with E-state index in [9.17, 15) is 4.79 Å². The molecule has 1 aliphatic rings. The summed E-state index contributed by atoms with van der Waals surface area (Å²) in [6, 6.07) is 8.20. The molecule has 1 amide bonds. The SMILES string of the molecule is CC(C)(C)OC(=O)NC1CCN(CCSc2ccc(Cl)cc2)CC1. The number of nitrogens with zero attached hydrogens (tertiary/aromatic N) is 1. The molecule has 1 N–H and O–H groups in total. The van der Waals surface area contributed by atoms with Gasteiger partial charge in [-0.1, -0.05) is 11.6 Å². The van der Waals surface area contributed by atoms with Crippen molar-refractivity contribution in [3.63, 3.8) is 0 Å². The zero-order chi connectivity index (χ0) is 17.6. The molecule has 1 fully saturated rings. The fourth-order valence-electron chi connectivity index (χ4n) is 2.60. The zero-order valence-electron chi connectivity index (χ0n) is 14.7. The summed E-state index contributed by atoms with van der Waals surface area (Å²) >= 11 is 7.75. The normalized spacial score (nSPS) is 16.8. The highest BCUT2D eigenvalue weighted by Gasteiger charge is 2.23. The van der Waals surface area contributed by atoms with Gasteiger partial charge >= 0.3 is 6.09 Å². The molecule has 1 aromatic rings. The van der Waals surface area contributed by atoms with E-state index in [2.05, 4.69) is 22.3 Å². The Balaban J connectivity index is 1.62. The minimum absolute atomic E-state index is 0.222. The van der Waals surface area contributed by atoms with Gasteiger partial charge in [0.2, 0.25) is 0 Å². The molecule has 0 aliphatic carbocycles. The topological polar surface area (TPSA) is 41.6 Å². The lowest BCUT2D eigenvalue weighted by atomic mass is 10.1. The number of likely N-dealkylation sites (tertiary alicyclic amines) is 1. The summed E-state index contributed by atoms with van der Waals surface area (Å²) in [5.74, 6) is 1.06. The van der Waals surface area contributed by atoms with Gasteiger partial charge in [-0.15, -0.1) is 11.8 Å². The van der Waals surface area contributed by atoms with Crippen LogP contribution in [-0.4, -0.2) is 48.0 Å². The summed E-state index contributed by atoms with van der Waals surface area (Å²) in [5, 5.41) is 3.75. The van der Waals surface area contributed by atoms with Crippen molar-refractivity contribution in [3.8, 4) is 0 Å². The van der Waals surface area contributed by atoms with Crippen molar-refractivity contribution in [1.29, 1.82) is 0 Å². The third kappa shape index (κ3) is 7.32. The predicted molar refractivity (Wildman–Crippen MR) is 101 cm³/mol. The van der Waals surface area contributed by atoms with Crippen LogP contribution in [0.25, 0.3) is 0 Å². The number of rotatable bonds is 5. The second-order valence-corrected chi connectivity index (χ2v) is 8.67. The molecule has 1 saturated heterocycles. The monoisotopic (exact) mass is 370 g/mol. The van der Waals surface area contributed by atoms with Crippen molar-refractivity contribution in [1.82, 2.24) is 10.2 Å². The third-order valence-corrected chi connectivity index (χ3v) is 5.04. The molecule has 1 aromatic carbocycles. The van der Waals surface area contributed by atoms with Crippen LogP contribution in [0.4, 0.5) is 4.79 Å².